The van der Waals surface area contributed by atoms with E-state index in [-0.39, 0.29) is 38.1 Å². The quantitative estimate of drug-likeness (QED) is 0.294. The Morgan fingerprint density at radius 3 is 2.52 bits per heavy atom. The first-order chi connectivity index (χ1) is 19.5. The molecular weight excluding hydrogens is 511 g/mol. The van der Waals surface area contributed by atoms with Crippen molar-refractivity contribution >= 4 is 24.4 Å². The molecule has 3 aromatic carbocycles. The summed E-state index contributed by atoms with van der Waals surface area (Å²) in [5.74, 6) is -0.475. The van der Waals surface area contributed by atoms with E-state index in [4.69, 9.17) is 14.0 Å². The summed E-state index contributed by atoms with van der Waals surface area (Å²) in [6.07, 6.45) is 2.00. The van der Waals surface area contributed by atoms with Crippen molar-refractivity contribution in [1.29, 1.82) is 0 Å². The minimum absolute atomic E-state index is 0.0278. The zero-order valence-corrected chi connectivity index (χ0v) is 21.8. The average Bonchev–Trinajstić information content (AvgIpc) is 3.51. The highest BCUT2D eigenvalue weighted by Gasteiger charge is 2.35. The van der Waals surface area contributed by atoms with Gasteiger partial charge >= 0.3 is 7.12 Å². The van der Waals surface area contributed by atoms with Gasteiger partial charge in [0, 0.05) is 18.4 Å². The first-order valence-electron chi connectivity index (χ1n) is 13.0. The molecule has 9 nitrogen and oxygen atoms in total. The lowest BCUT2D eigenvalue weighted by atomic mass is 9.80. The number of carbonyl (C=O) groups is 2. The number of carbonyl (C=O) groups excluding carboxylic acids is 2. The van der Waals surface area contributed by atoms with Gasteiger partial charge in [-0.2, -0.15) is 0 Å². The van der Waals surface area contributed by atoms with Gasteiger partial charge in [-0.15, -0.1) is 0 Å². The van der Waals surface area contributed by atoms with Crippen LogP contribution in [0.5, 0.6) is 5.75 Å². The highest BCUT2D eigenvalue weighted by molar-refractivity contribution is 6.58. The number of aromatic nitrogens is 1. The van der Waals surface area contributed by atoms with Crippen LogP contribution in [-0.2, 0) is 27.4 Å². The summed E-state index contributed by atoms with van der Waals surface area (Å²) in [4.78, 5) is 27.8. The second kappa shape index (κ2) is 12.7. The van der Waals surface area contributed by atoms with Gasteiger partial charge in [-0.05, 0) is 40.7 Å². The average molecular weight is 540 g/mol. The highest BCUT2D eigenvalue weighted by Crippen LogP contribution is 2.30. The van der Waals surface area contributed by atoms with Crippen molar-refractivity contribution in [3.63, 3.8) is 0 Å². The Morgan fingerprint density at radius 2 is 1.80 bits per heavy atom. The van der Waals surface area contributed by atoms with Crippen LogP contribution in [0.1, 0.15) is 34.7 Å². The predicted molar refractivity (Wildman–Crippen MR) is 147 cm³/mol. The monoisotopic (exact) mass is 540 g/mol. The van der Waals surface area contributed by atoms with Crippen LogP contribution in [-0.4, -0.2) is 58.3 Å². The summed E-state index contributed by atoms with van der Waals surface area (Å²) >= 11 is 0. The van der Waals surface area contributed by atoms with E-state index in [0.717, 1.165) is 16.7 Å². The number of rotatable bonds is 10. The minimum atomic E-state index is -1.54. The van der Waals surface area contributed by atoms with Crippen LogP contribution in [0.2, 0.25) is 0 Å². The maximum atomic E-state index is 13.6. The summed E-state index contributed by atoms with van der Waals surface area (Å²) in [5.41, 5.74) is 3.61. The van der Waals surface area contributed by atoms with E-state index in [1.165, 1.54) is 11.2 Å². The van der Waals surface area contributed by atoms with Crippen LogP contribution < -0.4 is 10.2 Å². The second-order valence-corrected chi connectivity index (χ2v) is 9.67. The Hall–Kier alpha value is -4.25. The van der Waals surface area contributed by atoms with Gasteiger partial charge in [0.2, 0.25) is 5.91 Å². The third-order valence-electron chi connectivity index (χ3n) is 6.88. The van der Waals surface area contributed by atoms with Crippen LogP contribution in [0, 0.1) is 0 Å². The van der Waals surface area contributed by atoms with E-state index in [1.54, 1.807) is 36.4 Å². The number of ether oxygens (including phenoxy) is 2. The number of amides is 2. The minimum Gasteiger partial charge on any atom is -0.489 e. The molecule has 0 spiro atoms. The SMILES string of the molecule is O=C1COC[C@H](Cc2ccccc2)N1C(=O)C[C@@H](c1ccc(OCc2cccc(B(O)O)c2)cc1)c1ccon1. The van der Waals surface area contributed by atoms with Gasteiger partial charge < -0.3 is 24.0 Å². The van der Waals surface area contributed by atoms with Crippen molar-refractivity contribution in [3.05, 3.63) is 114 Å². The Morgan fingerprint density at radius 1 is 1.02 bits per heavy atom. The summed E-state index contributed by atoms with van der Waals surface area (Å²) in [7, 11) is -1.54. The molecular formula is C30H29BN2O7. The number of nitrogens with zero attached hydrogens (tertiary/aromatic N) is 2. The number of hydrogen-bond acceptors (Lipinski definition) is 8. The van der Waals surface area contributed by atoms with Crippen LogP contribution in [0.25, 0.3) is 0 Å². The molecule has 2 N–H and O–H groups in total. The standard InChI is InChI=1S/C30H29BN2O7/c34-29(33-25(19-38-20-30(33)35)16-21-5-2-1-3-6-21)17-27(28-13-14-40-32-28)23-9-11-26(12-10-23)39-18-22-7-4-8-24(15-22)31(36)37/h1-15,25,27,36-37H,16-20H2/t25-,27-/m0/s1. The van der Waals surface area contributed by atoms with Gasteiger partial charge in [-0.25, -0.2) is 0 Å². The molecule has 0 saturated carbocycles. The van der Waals surface area contributed by atoms with Gasteiger partial charge in [0.15, 0.2) is 0 Å². The molecule has 40 heavy (non-hydrogen) atoms. The molecule has 10 heteroatoms. The molecule has 1 fully saturated rings. The fraction of sp³-hybridized carbons (Fsp3) is 0.233. The normalized spacial score (nSPS) is 16.0. The molecule has 2 amide bonds. The third-order valence-corrected chi connectivity index (χ3v) is 6.88. The fourth-order valence-electron chi connectivity index (χ4n) is 4.88. The smallest absolute Gasteiger partial charge is 0.488 e. The number of morpholine rings is 1. The summed E-state index contributed by atoms with van der Waals surface area (Å²) < 4.78 is 16.4. The van der Waals surface area contributed by atoms with Gasteiger partial charge in [0.1, 0.15) is 25.2 Å². The molecule has 1 aliphatic rings. The van der Waals surface area contributed by atoms with Gasteiger partial charge in [-0.3, -0.25) is 14.5 Å². The van der Waals surface area contributed by atoms with E-state index in [1.807, 2.05) is 48.5 Å². The summed E-state index contributed by atoms with van der Waals surface area (Å²) in [6.45, 7) is 0.401. The van der Waals surface area contributed by atoms with Crippen molar-refractivity contribution in [2.24, 2.45) is 0 Å². The summed E-state index contributed by atoms with van der Waals surface area (Å²) in [5, 5.41) is 22.9. The fourth-order valence-corrected chi connectivity index (χ4v) is 4.88. The largest absolute Gasteiger partial charge is 0.489 e. The Labute approximate surface area is 232 Å². The van der Waals surface area contributed by atoms with Crippen molar-refractivity contribution < 1.29 is 33.6 Å². The van der Waals surface area contributed by atoms with E-state index < -0.39 is 19.1 Å². The zero-order chi connectivity index (χ0) is 27.9. The topological polar surface area (TPSA) is 122 Å². The van der Waals surface area contributed by atoms with E-state index in [9.17, 15) is 19.6 Å². The lowest BCUT2D eigenvalue weighted by Gasteiger charge is -2.34. The Bertz CT molecular complexity index is 1410. The number of hydrogen-bond donors (Lipinski definition) is 2. The molecule has 0 unspecified atom stereocenters. The van der Waals surface area contributed by atoms with Crippen molar-refractivity contribution in [2.75, 3.05) is 13.2 Å². The highest BCUT2D eigenvalue weighted by atomic mass is 16.5. The van der Waals surface area contributed by atoms with E-state index >= 15 is 0 Å². The maximum absolute atomic E-state index is 13.6. The summed E-state index contributed by atoms with van der Waals surface area (Å²) in [6, 6.07) is 25.2. The van der Waals surface area contributed by atoms with E-state index in [2.05, 4.69) is 5.16 Å². The van der Waals surface area contributed by atoms with Crippen molar-refractivity contribution in [2.45, 2.75) is 31.4 Å². The number of benzene rings is 3. The molecule has 0 bridgehead atoms. The van der Waals surface area contributed by atoms with E-state index in [0.29, 0.717) is 23.3 Å². The molecule has 204 valence electrons. The lowest BCUT2D eigenvalue weighted by Crippen LogP contribution is -2.53. The molecule has 1 aromatic heterocycles. The van der Waals surface area contributed by atoms with Crippen LogP contribution >= 0.6 is 0 Å². The molecule has 2 atom stereocenters. The van der Waals surface area contributed by atoms with Crippen LogP contribution in [0.4, 0.5) is 0 Å². The van der Waals surface area contributed by atoms with Crippen LogP contribution in [0.15, 0.2) is 95.7 Å². The predicted octanol–water partition coefficient (Wildman–Crippen LogP) is 2.45. The maximum Gasteiger partial charge on any atom is 0.488 e. The van der Waals surface area contributed by atoms with Gasteiger partial charge in [0.05, 0.1) is 18.3 Å². The molecule has 0 aliphatic carbocycles. The molecule has 5 rings (SSSR count). The Balaban J connectivity index is 1.30. The van der Waals surface area contributed by atoms with Gasteiger partial charge in [0.25, 0.3) is 5.91 Å². The molecule has 4 aromatic rings. The molecule has 0 radical (unpaired) electrons. The zero-order valence-electron chi connectivity index (χ0n) is 21.8. The number of imide groups is 1. The Kier molecular flexibility index (Phi) is 8.70. The lowest BCUT2D eigenvalue weighted by molar-refractivity contribution is -0.159. The van der Waals surface area contributed by atoms with Crippen molar-refractivity contribution in [3.8, 4) is 5.75 Å². The first-order valence-corrected chi connectivity index (χ1v) is 13.0. The second-order valence-electron chi connectivity index (χ2n) is 9.67. The van der Waals surface area contributed by atoms with Crippen LogP contribution in [0.3, 0.4) is 0 Å². The van der Waals surface area contributed by atoms with Crippen molar-refractivity contribution in [1.82, 2.24) is 10.1 Å². The first kappa shape index (κ1) is 27.3. The molecule has 1 saturated heterocycles. The van der Waals surface area contributed by atoms with Gasteiger partial charge in [-0.1, -0.05) is 71.9 Å². The molecule has 1 aliphatic heterocycles. The third kappa shape index (κ3) is 6.66. The molecule has 2 heterocycles.